The van der Waals surface area contributed by atoms with Crippen molar-refractivity contribution in [1.29, 1.82) is 0 Å². The molecule has 0 saturated carbocycles. The number of likely N-dealkylation sites (tertiary alicyclic amines) is 1. The third-order valence-corrected chi connectivity index (χ3v) is 4.59. The average Bonchev–Trinajstić information content (AvgIpc) is 3.21. The molecule has 1 saturated heterocycles. The van der Waals surface area contributed by atoms with Crippen LogP contribution in [0, 0.1) is 0 Å². The molecule has 2 aromatic heterocycles. The van der Waals surface area contributed by atoms with Gasteiger partial charge in [-0.2, -0.15) is 0 Å². The fraction of sp³-hybridized carbons (Fsp3) is 0.588. The van der Waals surface area contributed by atoms with Crippen molar-refractivity contribution in [2.75, 3.05) is 13.1 Å². The molecule has 3 heterocycles. The first-order valence-corrected chi connectivity index (χ1v) is 8.48. The first kappa shape index (κ1) is 15.8. The van der Waals surface area contributed by atoms with E-state index in [1.54, 1.807) is 10.8 Å². The van der Waals surface area contributed by atoms with Crippen LogP contribution in [0.1, 0.15) is 55.0 Å². The van der Waals surface area contributed by atoms with Crippen molar-refractivity contribution in [2.45, 2.75) is 45.1 Å². The fourth-order valence-corrected chi connectivity index (χ4v) is 3.28. The first-order valence-electron chi connectivity index (χ1n) is 8.48. The van der Waals surface area contributed by atoms with Gasteiger partial charge in [0.1, 0.15) is 5.82 Å². The number of hydrogen-bond acceptors (Lipinski definition) is 3. The first-order chi connectivity index (χ1) is 11.2. The van der Waals surface area contributed by atoms with Crippen LogP contribution in [0.25, 0.3) is 0 Å². The van der Waals surface area contributed by atoms with Crippen LogP contribution in [-0.4, -0.2) is 43.0 Å². The van der Waals surface area contributed by atoms with E-state index in [0.29, 0.717) is 11.7 Å². The molecule has 1 atom stereocenters. The summed E-state index contributed by atoms with van der Waals surface area (Å²) in [6, 6.07) is 0. The summed E-state index contributed by atoms with van der Waals surface area (Å²) in [7, 11) is 1.86. The van der Waals surface area contributed by atoms with E-state index in [1.165, 1.54) is 6.42 Å². The van der Waals surface area contributed by atoms with Gasteiger partial charge in [0.05, 0.1) is 0 Å². The summed E-state index contributed by atoms with van der Waals surface area (Å²) in [5.74, 6) is 1.98. The lowest BCUT2D eigenvalue weighted by atomic mass is 9.97. The van der Waals surface area contributed by atoms with Gasteiger partial charge in [-0.3, -0.25) is 4.79 Å². The highest BCUT2D eigenvalue weighted by molar-refractivity contribution is 5.90. The molecule has 0 aromatic carbocycles. The van der Waals surface area contributed by atoms with E-state index in [4.69, 9.17) is 0 Å². The normalized spacial score (nSPS) is 18.3. The summed E-state index contributed by atoms with van der Waals surface area (Å²) in [4.78, 5) is 23.4. The molecule has 0 aliphatic carbocycles. The molecule has 0 radical (unpaired) electrons. The Hall–Kier alpha value is -2.11. The molecule has 6 heteroatoms. The van der Waals surface area contributed by atoms with Crippen molar-refractivity contribution in [2.24, 2.45) is 7.05 Å². The van der Waals surface area contributed by atoms with E-state index in [9.17, 15) is 4.79 Å². The van der Waals surface area contributed by atoms with Gasteiger partial charge in [0.2, 0.25) is 0 Å². The van der Waals surface area contributed by atoms with E-state index in [1.807, 2.05) is 24.3 Å². The number of aromatic nitrogens is 4. The van der Waals surface area contributed by atoms with Crippen molar-refractivity contribution in [1.82, 2.24) is 24.0 Å². The highest BCUT2D eigenvalue weighted by Crippen LogP contribution is 2.26. The van der Waals surface area contributed by atoms with Gasteiger partial charge in [-0.15, -0.1) is 0 Å². The Morgan fingerprint density at radius 1 is 1.30 bits per heavy atom. The van der Waals surface area contributed by atoms with E-state index >= 15 is 0 Å². The summed E-state index contributed by atoms with van der Waals surface area (Å²) >= 11 is 0. The molecule has 0 spiro atoms. The zero-order valence-electron chi connectivity index (χ0n) is 14.0. The molecule has 1 unspecified atom stereocenters. The lowest BCUT2D eigenvalue weighted by Crippen LogP contribution is -2.40. The molecule has 0 N–H and O–H groups in total. The predicted molar refractivity (Wildman–Crippen MR) is 88.2 cm³/mol. The fourth-order valence-electron chi connectivity index (χ4n) is 3.28. The van der Waals surface area contributed by atoms with Gasteiger partial charge in [-0.1, -0.05) is 13.3 Å². The van der Waals surface area contributed by atoms with Crippen LogP contribution in [0.2, 0.25) is 0 Å². The van der Waals surface area contributed by atoms with E-state index in [-0.39, 0.29) is 5.91 Å². The number of nitrogens with zero attached hydrogens (tertiary/aromatic N) is 5. The summed E-state index contributed by atoms with van der Waals surface area (Å²) in [6.07, 6.45) is 11.9. The Kier molecular flexibility index (Phi) is 4.79. The molecular formula is C17H25N5O. The SMILES string of the molecule is CCCCn1ccnc1C1CCCN(C(=O)c2nccn2C)C1. The van der Waals surface area contributed by atoms with E-state index in [2.05, 4.69) is 27.7 Å². The standard InChI is InChI=1S/C17H25N5O/c1-3-4-9-21-12-8-18-15(21)14-6-5-10-22(13-14)17(23)16-19-7-11-20(16)2/h7-8,11-12,14H,3-6,9-10,13H2,1-2H3. The topological polar surface area (TPSA) is 56.0 Å². The van der Waals surface area contributed by atoms with Gasteiger partial charge in [0.15, 0.2) is 5.82 Å². The number of hydrogen-bond donors (Lipinski definition) is 0. The quantitative estimate of drug-likeness (QED) is 0.851. The van der Waals surface area contributed by atoms with Gasteiger partial charge in [-0.25, -0.2) is 9.97 Å². The molecule has 3 rings (SSSR count). The second-order valence-electron chi connectivity index (χ2n) is 6.28. The highest BCUT2D eigenvalue weighted by Gasteiger charge is 2.29. The van der Waals surface area contributed by atoms with Crippen LogP contribution in [-0.2, 0) is 13.6 Å². The smallest absolute Gasteiger partial charge is 0.289 e. The Morgan fingerprint density at radius 3 is 2.87 bits per heavy atom. The Balaban J connectivity index is 1.72. The Labute approximate surface area is 137 Å². The van der Waals surface area contributed by atoms with Crippen molar-refractivity contribution in [3.05, 3.63) is 36.4 Å². The van der Waals surface area contributed by atoms with E-state index in [0.717, 1.165) is 44.7 Å². The third kappa shape index (κ3) is 3.30. The number of unbranched alkanes of at least 4 members (excludes halogenated alkanes) is 1. The van der Waals surface area contributed by atoms with Crippen LogP contribution in [0.3, 0.4) is 0 Å². The number of imidazole rings is 2. The number of piperidine rings is 1. The molecule has 23 heavy (non-hydrogen) atoms. The van der Waals surface area contributed by atoms with Crippen molar-refractivity contribution >= 4 is 5.91 Å². The van der Waals surface area contributed by atoms with Crippen molar-refractivity contribution < 1.29 is 4.79 Å². The lowest BCUT2D eigenvalue weighted by Gasteiger charge is -2.32. The lowest BCUT2D eigenvalue weighted by molar-refractivity contribution is 0.0687. The summed E-state index contributed by atoms with van der Waals surface area (Å²) < 4.78 is 4.04. The molecule has 2 aromatic rings. The maximum Gasteiger partial charge on any atom is 0.289 e. The number of rotatable bonds is 5. The minimum atomic E-state index is 0.0221. The molecule has 1 fully saturated rings. The van der Waals surface area contributed by atoms with Crippen LogP contribution in [0.5, 0.6) is 0 Å². The molecule has 124 valence electrons. The van der Waals surface area contributed by atoms with Crippen LogP contribution in [0.15, 0.2) is 24.8 Å². The maximum atomic E-state index is 12.7. The number of aryl methyl sites for hydroxylation is 2. The number of carbonyl (C=O) groups is 1. The molecule has 1 aliphatic rings. The Bertz CT molecular complexity index is 659. The van der Waals surface area contributed by atoms with Crippen molar-refractivity contribution in [3.8, 4) is 0 Å². The summed E-state index contributed by atoms with van der Waals surface area (Å²) in [6.45, 7) is 4.74. The van der Waals surface area contributed by atoms with Gasteiger partial charge in [0.25, 0.3) is 5.91 Å². The number of amides is 1. The second-order valence-corrected chi connectivity index (χ2v) is 6.28. The summed E-state index contributed by atoms with van der Waals surface area (Å²) in [5.41, 5.74) is 0. The van der Waals surface area contributed by atoms with E-state index < -0.39 is 0 Å². The van der Waals surface area contributed by atoms with Crippen LogP contribution < -0.4 is 0 Å². The van der Waals surface area contributed by atoms with Crippen LogP contribution >= 0.6 is 0 Å². The summed E-state index contributed by atoms with van der Waals surface area (Å²) in [5, 5.41) is 0. The average molecular weight is 315 g/mol. The van der Waals surface area contributed by atoms with Gasteiger partial charge < -0.3 is 14.0 Å². The predicted octanol–water partition coefficient (Wildman–Crippen LogP) is 2.44. The monoisotopic (exact) mass is 315 g/mol. The number of carbonyl (C=O) groups excluding carboxylic acids is 1. The molecular weight excluding hydrogens is 290 g/mol. The largest absolute Gasteiger partial charge is 0.335 e. The second kappa shape index (κ2) is 6.98. The zero-order valence-corrected chi connectivity index (χ0v) is 14.0. The molecule has 6 nitrogen and oxygen atoms in total. The minimum Gasteiger partial charge on any atom is -0.335 e. The molecule has 0 bridgehead atoms. The third-order valence-electron chi connectivity index (χ3n) is 4.59. The minimum absolute atomic E-state index is 0.0221. The highest BCUT2D eigenvalue weighted by atomic mass is 16.2. The Morgan fingerprint density at radius 2 is 2.13 bits per heavy atom. The molecule has 1 aliphatic heterocycles. The van der Waals surface area contributed by atoms with Gasteiger partial charge in [0, 0.05) is 57.4 Å². The van der Waals surface area contributed by atoms with Crippen molar-refractivity contribution in [3.63, 3.8) is 0 Å². The zero-order chi connectivity index (χ0) is 16.2. The van der Waals surface area contributed by atoms with Gasteiger partial charge >= 0.3 is 0 Å². The van der Waals surface area contributed by atoms with Gasteiger partial charge in [-0.05, 0) is 19.3 Å². The van der Waals surface area contributed by atoms with Crippen LogP contribution in [0.4, 0.5) is 0 Å². The maximum absolute atomic E-state index is 12.7. The molecule has 1 amide bonds.